The number of aromatic nitrogens is 1. The number of pyridine rings is 1. The minimum absolute atomic E-state index is 0.0313. The van der Waals surface area contributed by atoms with Gasteiger partial charge in [-0.3, -0.25) is 0 Å². The molecule has 1 heterocycles. The van der Waals surface area contributed by atoms with Crippen molar-refractivity contribution in [3.63, 3.8) is 0 Å². The molecule has 0 saturated heterocycles. The molecule has 1 rings (SSSR count). The van der Waals surface area contributed by atoms with E-state index in [4.69, 9.17) is 10.9 Å². The molecule has 0 radical (unpaired) electrons. The van der Waals surface area contributed by atoms with E-state index in [1.165, 1.54) is 0 Å². The first-order chi connectivity index (χ1) is 8.08. The van der Waals surface area contributed by atoms with Crippen LogP contribution in [0, 0.1) is 5.92 Å². The van der Waals surface area contributed by atoms with Crippen molar-refractivity contribution in [2.75, 3.05) is 18.5 Å². The minimum atomic E-state index is 0.0313. The number of anilines is 1. The zero-order valence-electron chi connectivity index (χ0n) is 10.6. The Bertz CT molecular complexity index is 392. The molecule has 17 heavy (non-hydrogen) atoms. The Morgan fingerprint density at radius 1 is 1.59 bits per heavy atom. The number of oxime groups is 1. The average Bonchev–Trinajstić information content (AvgIpc) is 2.37. The second-order valence-electron chi connectivity index (χ2n) is 4.26. The van der Waals surface area contributed by atoms with Gasteiger partial charge in [0.2, 0.25) is 0 Å². The lowest BCUT2D eigenvalue weighted by molar-refractivity contribution is 0.318. The lowest BCUT2D eigenvalue weighted by Crippen LogP contribution is -2.25. The van der Waals surface area contributed by atoms with Crippen LogP contribution in [0.5, 0.6) is 0 Å². The third-order valence-electron chi connectivity index (χ3n) is 2.78. The van der Waals surface area contributed by atoms with Crippen LogP contribution in [0.3, 0.4) is 0 Å². The van der Waals surface area contributed by atoms with Crippen molar-refractivity contribution in [2.45, 2.75) is 20.3 Å². The van der Waals surface area contributed by atoms with E-state index < -0.39 is 0 Å². The van der Waals surface area contributed by atoms with E-state index in [-0.39, 0.29) is 5.84 Å². The van der Waals surface area contributed by atoms with Crippen LogP contribution in [0.1, 0.15) is 26.0 Å². The standard InChI is InChI=1S/C12H20N4O/c1-4-9(2)8-16(3)11-7-5-6-10(14-11)12(13)15-17/h5-7,9,17H,4,8H2,1-3H3,(H2,13,15). The van der Waals surface area contributed by atoms with Gasteiger partial charge in [-0.25, -0.2) is 4.98 Å². The first-order valence-electron chi connectivity index (χ1n) is 5.74. The number of amidine groups is 1. The summed E-state index contributed by atoms with van der Waals surface area (Å²) in [6.07, 6.45) is 1.13. The van der Waals surface area contributed by atoms with Crippen LogP contribution < -0.4 is 10.6 Å². The fraction of sp³-hybridized carbons (Fsp3) is 0.500. The molecule has 5 nitrogen and oxygen atoms in total. The molecule has 0 amide bonds. The molecular weight excluding hydrogens is 216 g/mol. The Morgan fingerprint density at radius 3 is 2.88 bits per heavy atom. The molecule has 5 heteroatoms. The monoisotopic (exact) mass is 236 g/mol. The van der Waals surface area contributed by atoms with Gasteiger partial charge in [0.25, 0.3) is 0 Å². The van der Waals surface area contributed by atoms with Crippen LogP contribution in [0.25, 0.3) is 0 Å². The second kappa shape index (κ2) is 6.08. The van der Waals surface area contributed by atoms with Crippen molar-refractivity contribution in [1.82, 2.24) is 4.98 Å². The van der Waals surface area contributed by atoms with Crippen molar-refractivity contribution in [1.29, 1.82) is 0 Å². The molecule has 94 valence electrons. The number of rotatable bonds is 5. The summed E-state index contributed by atoms with van der Waals surface area (Å²) < 4.78 is 0. The molecule has 0 saturated carbocycles. The maximum absolute atomic E-state index is 8.61. The van der Waals surface area contributed by atoms with Gasteiger partial charge < -0.3 is 15.8 Å². The molecular formula is C12H20N4O. The fourth-order valence-corrected chi connectivity index (χ4v) is 1.52. The van der Waals surface area contributed by atoms with E-state index in [9.17, 15) is 0 Å². The van der Waals surface area contributed by atoms with Gasteiger partial charge in [0, 0.05) is 13.6 Å². The van der Waals surface area contributed by atoms with Crippen molar-refractivity contribution in [3.05, 3.63) is 23.9 Å². The van der Waals surface area contributed by atoms with Crippen LogP contribution >= 0.6 is 0 Å². The topological polar surface area (TPSA) is 74.7 Å². The lowest BCUT2D eigenvalue weighted by Gasteiger charge is -2.22. The summed E-state index contributed by atoms with van der Waals surface area (Å²) in [6.45, 7) is 5.30. The molecule has 1 aromatic rings. The summed E-state index contributed by atoms with van der Waals surface area (Å²) in [5.41, 5.74) is 6.00. The van der Waals surface area contributed by atoms with Crippen molar-refractivity contribution < 1.29 is 5.21 Å². The highest BCUT2D eigenvalue weighted by molar-refractivity contribution is 5.95. The number of nitrogens with two attached hydrogens (primary N) is 1. The Balaban J connectivity index is 2.84. The average molecular weight is 236 g/mol. The summed E-state index contributed by atoms with van der Waals surface area (Å²) in [4.78, 5) is 6.41. The van der Waals surface area contributed by atoms with Gasteiger partial charge in [0.05, 0.1) is 0 Å². The van der Waals surface area contributed by atoms with Gasteiger partial charge in [-0.2, -0.15) is 0 Å². The summed E-state index contributed by atoms with van der Waals surface area (Å²) >= 11 is 0. The Hall–Kier alpha value is -1.78. The van der Waals surface area contributed by atoms with Crippen LogP contribution in [-0.2, 0) is 0 Å². The third kappa shape index (κ3) is 3.62. The summed E-state index contributed by atoms with van der Waals surface area (Å²) in [5.74, 6) is 1.47. The number of nitrogens with zero attached hydrogens (tertiary/aromatic N) is 3. The van der Waals surface area contributed by atoms with E-state index in [2.05, 4.69) is 28.9 Å². The Morgan fingerprint density at radius 2 is 2.29 bits per heavy atom. The second-order valence-corrected chi connectivity index (χ2v) is 4.26. The van der Waals surface area contributed by atoms with Crippen LogP contribution in [0.4, 0.5) is 5.82 Å². The SMILES string of the molecule is CCC(C)CN(C)c1cccc(C(N)=NO)n1. The molecule has 0 aliphatic rings. The van der Waals surface area contributed by atoms with E-state index in [0.717, 1.165) is 18.8 Å². The quantitative estimate of drug-likeness (QED) is 0.353. The predicted molar refractivity (Wildman–Crippen MR) is 69.5 cm³/mol. The molecule has 1 atom stereocenters. The van der Waals surface area contributed by atoms with Gasteiger partial charge in [-0.15, -0.1) is 0 Å². The zero-order chi connectivity index (χ0) is 12.8. The normalized spacial score (nSPS) is 13.5. The highest BCUT2D eigenvalue weighted by atomic mass is 16.4. The van der Waals surface area contributed by atoms with Crippen molar-refractivity contribution >= 4 is 11.7 Å². The fourth-order valence-electron chi connectivity index (χ4n) is 1.52. The Kier molecular flexibility index (Phi) is 4.75. The Labute approximate surface area is 102 Å². The molecule has 0 bridgehead atoms. The third-order valence-corrected chi connectivity index (χ3v) is 2.78. The molecule has 0 fully saturated rings. The highest BCUT2D eigenvalue weighted by Crippen LogP contribution is 2.12. The number of hydrogen-bond acceptors (Lipinski definition) is 4. The van der Waals surface area contributed by atoms with Gasteiger partial charge in [0.1, 0.15) is 11.5 Å². The molecule has 1 aromatic heterocycles. The van der Waals surface area contributed by atoms with Crippen LogP contribution in [-0.4, -0.2) is 29.6 Å². The summed E-state index contributed by atoms with van der Waals surface area (Å²) in [7, 11) is 1.99. The van der Waals surface area contributed by atoms with E-state index >= 15 is 0 Å². The predicted octanol–water partition coefficient (Wildman–Crippen LogP) is 1.66. The smallest absolute Gasteiger partial charge is 0.188 e. The largest absolute Gasteiger partial charge is 0.409 e. The number of hydrogen-bond donors (Lipinski definition) is 2. The maximum atomic E-state index is 8.61. The molecule has 0 aromatic carbocycles. The summed E-state index contributed by atoms with van der Waals surface area (Å²) in [5, 5.41) is 11.6. The molecule has 0 aliphatic carbocycles. The van der Waals surface area contributed by atoms with E-state index in [1.807, 2.05) is 19.2 Å². The summed E-state index contributed by atoms with van der Waals surface area (Å²) in [6, 6.07) is 5.48. The molecule has 1 unspecified atom stereocenters. The molecule has 0 aliphatic heterocycles. The zero-order valence-corrected chi connectivity index (χ0v) is 10.6. The first-order valence-corrected chi connectivity index (χ1v) is 5.74. The first kappa shape index (κ1) is 13.3. The van der Waals surface area contributed by atoms with Crippen LogP contribution in [0.2, 0.25) is 0 Å². The molecule has 3 N–H and O–H groups in total. The van der Waals surface area contributed by atoms with E-state index in [0.29, 0.717) is 11.6 Å². The minimum Gasteiger partial charge on any atom is -0.409 e. The van der Waals surface area contributed by atoms with Gasteiger partial charge in [-0.05, 0) is 18.1 Å². The maximum Gasteiger partial charge on any atom is 0.188 e. The van der Waals surface area contributed by atoms with Crippen LogP contribution in [0.15, 0.2) is 23.4 Å². The van der Waals surface area contributed by atoms with E-state index in [1.54, 1.807) is 6.07 Å². The van der Waals surface area contributed by atoms with Crippen molar-refractivity contribution in [2.24, 2.45) is 16.8 Å². The highest BCUT2D eigenvalue weighted by Gasteiger charge is 2.08. The molecule has 0 spiro atoms. The lowest BCUT2D eigenvalue weighted by atomic mass is 10.1. The van der Waals surface area contributed by atoms with Crippen molar-refractivity contribution in [3.8, 4) is 0 Å². The van der Waals surface area contributed by atoms with Gasteiger partial charge in [-0.1, -0.05) is 31.5 Å². The van der Waals surface area contributed by atoms with Gasteiger partial charge >= 0.3 is 0 Å². The van der Waals surface area contributed by atoms with Gasteiger partial charge in [0.15, 0.2) is 5.84 Å².